The Labute approximate surface area is 148 Å². The second-order valence-corrected chi connectivity index (χ2v) is 8.65. The monoisotopic (exact) mass is 342 g/mol. The normalized spacial score (nSPS) is 45.2. The molecule has 0 radical (unpaired) electrons. The van der Waals surface area contributed by atoms with Crippen molar-refractivity contribution in [2.75, 3.05) is 6.61 Å². The van der Waals surface area contributed by atoms with Crippen molar-refractivity contribution in [2.45, 2.75) is 45.6 Å². The van der Waals surface area contributed by atoms with Crippen LogP contribution in [-0.2, 0) is 9.59 Å². The standard InChI is InChI=1S/C21H26O4/c1-20-8-7-13(23)9-12(20)3-4-14-15-5-6-16(18(25)11-22)21(15,2)10-17(24)19(14)20/h6-9,14-15,17,19,22,24H,3-5,10-11H2,1-2H3/t14-,15?,17-,19?,20-,21-/m0/s1. The number of hydrogen-bond donors (Lipinski definition) is 2. The lowest BCUT2D eigenvalue weighted by molar-refractivity contribution is -0.124. The van der Waals surface area contributed by atoms with Crippen molar-refractivity contribution >= 4 is 11.6 Å². The van der Waals surface area contributed by atoms with Crippen LogP contribution in [0.4, 0.5) is 0 Å². The average Bonchev–Trinajstić information content (AvgIpc) is 2.91. The lowest BCUT2D eigenvalue weighted by atomic mass is 9.47. The Morgan fingerprint density at radius 1 is 1.36 bits per heavy atom. The molecule has 4 rings (SSSR count). The van der Waals surface area contributed by atoms with Crippen molar-refractivity contribution < 1.29 is 19.8 Å². The Balaban J connectivity index is 1.72. The van der Waals surface area contributed by atoms with E-state index in [1.54, 1.807) is 12.2 Å². The average molecular weight is 342 g/mol. The second-order valence-electron chi connectivity index (χ2n) is 8.65. The fourth-order valence-electron chi connectivity index (χ4n) is 6.41. The van der Waals surface area contributed by atoms with E-state index in [-0.39, 0.29) is 28.3 Å². The third-order valence-corrected chi connectivity index (χ3v) is 7.52. The number of ketones is 2. The Morgan fingerprint density at radius 2 is 2.12 bits per heavy atom. The minimum atomic E-state index is -0.522. The first-order valence-corrected chi connectivity index (χ1v) is 9.28. The molecule has 4 aliphatic rings. The molecule has 25 heavy (non-hydrogen) atoms. The molecule has 0 aromatic rings. The molecule has 0 aliphatic heterocycles. The first kappa shape index (κ1) is 16.9. The van der Waals surface area contributed by atoms with Crippen LogP contribution < -0.4 is 0 Å². The molecule has 134 valence electrons. The molecule has 4 nitrogen and oxygen atoms in total. The number of fused-ring (bicyclic) bond motifs is 5. The van der Waals surface area contributed by atoms with Gasteiger partial charge in [-0.25, -0.2) is 0 Å². The van der Waals surface area contributed by atoms with E-state index >= 15 is 0 Å². The van der Waals surface area contributed by atoms with E-state index in [9.17, 15) is 19.8 Å². The molecule has 2 fully saturated rings. The minimum Gasteiger partial charge on any atom is -0.393 e. The second kappa shape index (κ2) is 5.49. The zero-order chi connectivity index (χ0) is 18.0. The van der Waals surface area contributed by atoms with Crippen molar-refractivity contribution in [1.29, 1.82) is 0 Å². The summed E-state index contributed by atoms with van der Waals surface area (Å²) in [5.74, 6) is 0.539. The summed E-state index contributed by atoms with van der Waals surface area (Å²) in [5, 5.41) is 20.4. The zero-order valence-corrected chi connectivity index (χ0v) is 14.9. The van der Waals surface area contributed by atoms with Gasteiger partial charge in [-0.3, -0.25) is 9.59 Å². The highest BCUT2D eigenvalue weighted by Gasteiger charge is 2.60. The van der Waals surface area contributed by atoms with Gasteiger partial charge in [0, 0.05) is 16.7 Å². The minimum absolute atomic E-state index is 0.0411. The van der Waals surface area contributed by atoms with Crippen LogP contribution in [0.1, 0.15) is 39.5 Å². The van der Waals surface area contributed by atoms with Crippen molar-refractivity contribution in [3.05, 3.63) is 35.5 Å². The van der Waals surface area contributed by atoms with Crippen LogP contribution in [0.3, 0.4) is 0 Å². The van der Waals surface area contributed by atoms with Gasteiger partial charge in [-0.05, 0) is 55.2 Å². The first-order valence-electron chi connectivity index (χ1n) is 9.28. The van der Waals surface area contributed by atoms with Gasteiger partial charge in [0.15, 0.2) is 11.6 Å². The van der Waals surface area contributed by atoms with E-state index in [0.717, 1.165) is 24.8 Å². The van der Waals surface area contributed by atoms with E-state index in [2.05, 4.69) is 13.8 Å². The largest absolute Gasteiger partial charge is 0.393 e. The summed E-state index contributed by atoms with van der Waals surface area (Å²) in [6.45, 7) is 3.76. The molecule has 0 spiro atoms. The Morgan fingerprint density at radius 3 is 2.84 bits per heavy atom. The number of hydrogen-bond acceptors (Lipinski definition) is 4. The van der Waals surface area contributed by atoms with Gasteiger partial charge in [0.2, 0.25) is 0 Å². The van der Waals surface area contributed by atoms with Crippen molar-refractivity contribution in [2.24, 2.45) is 28.6 Å². The summed E-state index contributed by atoms with van der Waals surface area (Å²) in [4.78, 5) is 24.0. The molecule has 2 saturated carbocycles. The van der Waals surface area contributed by atoms with Gasteiger partial charge < -0.3 is 10.2 Å². The number of Topliss-reactive ketones (excluding diaryl/α,β-unsaturated/α-hetero) is 1. The summed E-state index contributed by atoms with van der Waals surface area (Å²) in [6, 6.07) is 0. The number of carbonyl (C=O) groups excluding carboxylic acids is 2. The van der Waals surface area contributed by atoms with Crippen molar-refractivity contribution in [3.63, 3.8) is 0 Å². The maximum atomic E-state index is 12.2. The highest BCUT2D eigenvalue weighted by molar-refractivity contribution is 6.01. The highest BCUT2D eigenvalue weighted by atomic mass is 16.3. The molecule has 0 aromatic carbocycles. The molecule has 0 bridgehead atoms. The number of aliphatic hydroxyl groups excluding tert-OH is 2. The van der Waals surface area contributed by atoms with E-state index in [0.29, 0.717) is 23.8 Å². The molecule has 2 N–H and O–H groups in total. The lowest BCUT2D eigenvalue weighted by Crippen LogP contribution is -2.55. The third kappa shape index (κ3) is 2.20. The van der Waals surface area contributed by atoms with Gasteiger partial charge in [-0.15, -0.1) is 0 Å². The van der Waals surface area contributed by atoms with Crippen molar-refractivity contribution in [3.8, 4) is 0 Å². The van der Waals surface area contributed by atoms with Gasteiger partial charge in [0.25, 0.3) is 0 Å². The maximum Gasteiger partial charge on any atom is 0.184 e. The molecule has 4 aliphatic carbocycles. The van der Waals surface area contributed by atoms with Gasteiger partial charge in [-0.1, -0.05) is 31.6 Å². The topological polar surface area (TPSA) is 74.6 Å². The summed E-state index contributed by atoms with van der Waals surface area (Å²) in [5.41, 5.74) is 1.22. The first-order chi connectivity index (χ1) is 11.8. The number of carbonyl (C=O) groups is 2. The predicted molar refractivity (Wildman–Crippen MR) is 93.6 cm³/mol. The van der Waals surface area contributed by atoms with Crippen LogP contribution in [0.2, 0.25) is 0 Å². The molecule has 0 aromatic heterocycles. The maximum absolute atomic E-state index is 12.2. The fourth-order valence-corrected chi connectivity index (χ4v) is 6.41. The van der Waals surface area contributed by atoms with E-state index in [1.807, 2.05) is 12.2 Å². The smallest absolute Gasteiger partial charge is 0.184 e. The summed E-state index contributed by atoms with van der Waals surface area (Å²) in [6.07, 6.45) is 10.1. The van der Waals surface area contributed by atoms with Crippen LogP contribution in [0.15, 0.2) is 35.5 Å². The highest BCUT2D eigenvalue weighted by Crippen LogP contribution is 2.64. The van der Waals surface area contributed by atoms with Gasteiger partial charge in [0.1, 0.15) is 6.61 Å². The molecule has 0 saturated heterocycles. The van der Waals surface area contributed by atoms with Crippen LogP contribution in [0.25, 0.3) is 0 Å². The third-order valence-electron chi connectivity index (χ3n) is 7.52. The van der Waals surface area contributed by atoms with Crippen LogP contribution in [0, 0.1) is 28.6 Å². The molecule has 0 amide bonds. The molecule has 4 heteroatoms. The number of rotatable bonds is 2. The van der Waals surface area contributed by atoms with E-state index in [1.165, 1.54) is 0 Å². The Kier molecular flexibility index (Phi) is 3.71. The van der Waals surface area contributed by atoms with Crippen LogP contribution in [0.5, 0.6) is 0 Å². The van der Waals surface area contributed by atoms with Gasteiger partial charge >= 0.3 is 0 Å². The van der Waals surface area contributed by atoms with E-state index in [4.69, 9.17) is 0 Å². The van der Waals surface area contributed by atoms with E-state index < -0.39 is 12.7 Å². The molecule has 0 heterocycles. The lowest BCUT2D eigenvalue weighted by Gasteiger charge is -2.58. The van der Waals surface area contributed by atoms with Gasteiger partial charge in [-0.2, -0.15) is 0 Å². The number of aliphatic hydroxyl groups is 2. The molecular formula is C21H26O4. The van der Waals surface area contributed by atoms with Gasteiger partial charge in [0.05, 0.1) is 6.10 Å². The fraction of sp³-hybridized carbons (Fsp3) is 0.619. The molecular weight excluding hydrogens is 316 g/mol. The van der Waals surface area contributed by atoms with Crippen LogP contribution in [-0.4, -0.2) is 34.5 Å². The Hall–Kier alpha value is -1.52. The number of allylic oxidation sites excluding steroid dienone is 5. The Bertz CT molecular complexity index is 730. The summed E-state index contributed by atoms with van der Waals surface area (Å²) < 4.78 is 0. The predicted octanol–water partition coefficient (Wildman–Crippen LogP) is 2.36. The zero-order valence-electron chi connectivity index (χ0n) is 14.9. The molecule has 2 unspecified atom stereocenters. The van der Waals surface area contributed by atoms with Crippen LogP contribution >= 0.6 is 0 Å². The summed E-state index contributed by atoms with van der Waals surface area (Å²) >= 11 is 0. The SMILES string of the molecule is C[C@]12C=CC(=O)C=C1CC[C@@H]1C2[C@@H](O)C[C@]2(C)C(C(=O)CO)=CCC12. The summed E-state index contributed by atoms with van der Waals surface area (Å²) in [7, 11) is 0. The quantitative estimate of drug-likeness (QED) is 0.808. The molecule has 6 atom stereocenters. The van der Waals surface area contributed by atoms with Crippen molar-refractivity contribution in [1.82, 2.24) is 0 Å².